The number of aryl methyl sites for hydroxylation is 4. The van der Waals surface area contributed by atoms with E-state index in [1.807, 2.05) is 12.1 Å². The first-order valence-corrected chi connectivity index (χ1v) is 12.0. The number of carbonyl (C=O) groups is 2. The van der Waals surface area contributed by atoms with Crippen molar-refractivity contribution in [1.82, 2.24) is 0 Å². The van der Waals surface area contributed by atoms with E-state index in [9.17, 15) is 9.59 Å². The lowest BCUT2D eigenvalue weighted by Gasteiger charge is -2.60. The summed E-state index contributed by atoms with van der Waals surface area (Å²) in [6.45, 7) is 8.31. The van der Waals surface area contributed by atoms with Crippen molar-refractivity contribution in [2.24, 2.45) is 22.7 Å². The van der Waals surface area contributed by atoms with Crippen LogP contribution in [0.25, 0.3) is 0 Å². The first-order chi connectivity index (χ1) is 15.2. The smallest absolute Gasteiger partial charge is 0.230 e. The molecular formula is C28H34N2O2. The molecule has 0 spiro atoms. The Morgan fingerprint density at radius 2 is 1.09 bits per heavy atom. The van der Waals surface area contributed by atoms with E-state index in [2.05, 4.69) is 62.6 Å². The minimum atomic E-state index is -0.427. The van der Waals surface area contributed by atoms with Gasteiger partial charge in [0.25, 0.3) is 0 Å². The molecule has 4 heteroatoms. The topological polar surface area (TPSA) is 58.2 Å². The second-order valence-electron chi connectivity index (χ2n) is 11.0. The fourth-order valence-corrected chi connectivity index (χ4v) is 6.96. The van der Waals surface area contributed by atoms with Crippen LogP contribution in [0.3, 0.4) is 0 Å². The van der Waals surface area contributed by atoms with Crippen LogP contribution in [-0.4, -0.2) is 11.8 Å². The number of nitrogens with one attached hydrogen (secondary N) is 2. The zero-order valence-corrected chi connectivity index (χ0v) is 19.7. The van der Waals surface area contributed by atoms with Gasteiger partial charge >= 0.3 is 0 Å². The van der Waals surface area contributed by atoms with Crippen LogP contribution in [0.15, 0.2) is 36.4 Å². The van der Waals surface area contributed by atoms with E-state index in [-0.39, 0.29) is 11.8 Å². The summed E-state index contributed by atoms with van der Waals surface area (Å²) < 4.78 is 0. The van der Waals surface area contributed by atoms with Gasteiger partial charge in [-0.1, -0.05) is 12.1 Å². The molecule has 2 aromatic rings. The molecule has 2 amide bonds. The fraction of sp³-hybridized carbons (Fsp3) is 0.500. The Bertz CT molecular complexity index is 1010. The second kappa shape index (κ2) is 7.47. The molecular weight excluding hydrogens is 396 g/mol. The van der Waals surface area contributed by atoms with E-state index in [1.54, 1.807) is 0 Å². The summed E-state index contributed by atoms with van der Waals surface area (Å²) >= 11 is 0. The molecule has 0 unspecified atom stereocenters. The standard InChI is InChI=1S/C28H34N2O2/c1-17-5-7-23(9-19(17)3)29-25(31)27-12-21-11-22(13-27)15-28(14-21,16-27)26(32)30-24-8-6-18(2)20(4)10-24/h5-10,21-22H,11-16H2,1-4H3,(H,29,31)(H,30,32). The van der Waals surface area contributed by atoms with Crippen LogP contribution in [0, 0.1) is 50.4 Å². The van der Waals surface area contributed by atoms with E-state index in [0.29, 0.717) is 18.3 Å². The lowest BCUT2D eigenvalue weighted by Crippen LogP contribution is -2.59. The summed E-state index contributed by atoms with van der Waals surface area (Å²) in [6.07, 6.45) is 5.49. The third-order valence-electron chi connectivity index (χ3n) is 8.55. The van der Waals surface area contributed by atoms with Gasteiger partial charge < -0.3 is 10.6 Å². The Hall–Kier alpha value is -2.62. The molecule has 4 nitrogen and oxygen atoms in total. The predicted molar refractivity (Wildman–Crippen MR) is 129 cm³/mol. The van der Waals surface area contributed by atoms with Gasteiger partial charge in [0.05, 0.1) is 10.8 Å². The summed E-state index contributed by atoms with van der Waals surface area (Å²) in [6, 6.07) is 12.2. The molecule has 0 radical (unpaired) electrons. The number of carbonyl (C=O) groups excluding carboxylic acids is 2. The summed E-state index contributed by atoms with van der Waals surface area (Å²) in [5.74, 6) is 1.15. The largest absolute Gasteiger partial charge is 0.326 e. The number of amides is 2. The average molecular weight is 431 g/mol. The molecule has 4 aliphatic rings. The summed E-state index contributed by atoms with van der Waals surface area (Å²) in [7, 11) is 0. The molecule has 2 N–H and O–H groups in total. The maximum absolute atomic E-state index is 13.6. The van der Waals surface area contributed by atoms with E-state index >= 15 is 0 Å². The van der Waals surface area contributed by atoms with Gasteiger partial charge in [-0.2, -0.15) is 0 Å². The summed E-state index contributed by atoms with van der Waals surface area (Å²) in [4.78, 5) is 27.2. The minimum Gasteiger partial charge on any atom is -0.326 e. The Balaban J connectivity index is 1.39. The molecule has 168 valence electrons. The Labute approximate surface area is 191 Å². The number of hydrogen-bond donors (Lipinski definition) is 2. The molecule has 0 aromatic heterocycles. The van der Waals surface area contributed by atoms with Gasteiger partial charge in [-0.25, -0.2) is 0 Å². The van der Waals surface area contributed by atoms with Crippen molar-refractivity contribution < 1.29 is 9.59 Å². The van der Waals surface area contributed by atoms with Gasteiger partial charge in [0, 0.05) is 11.4 Å². The molecule has 0 atom stereocenters. The maximum atomic E-state index is 13.6. The van der Waals surface area contributed by atoms with Gasteiger partial charge in [-0.3, -0.25) is 9.59 Å². The number of hydrogen-bond acceptors (Lipinski definition) is 2. The van der Waals surface area contributed by atoms with Crippen LogP contribution in [0.4, 0.5) is 11.4 Å². The van der Waals surface area contributed by atoms with Crippen molar-refractivity contribution in [2.45, 2.75) is 66.2 Å². The first-order valence-electron chi connectivity index (χ1n) is 12.0. The molecule has 0 saturated heterocycles. The zero-order valence-electron chi connectivity index (χ0n) is 19.7. The summed E-state index contributed by atoms with van der Waals surface area (Å²) in [5.41, 5.74) is 5.67. The van der Waals surface area contributed by atoms with Crippen molar-refractivity contribution in [1.29, 1.82) is 0 Å². The minimum absolute atomic E-state index is 0.109. The normalized spacial score (nSPS) is 30.2. The van der Waals surface area contributed by atoms with Gasteiger partial charge in [0.15, 0.2) is 0 Å². The zero-order chi connectivity index (χ0) is 22.7. The molecule has 4 saturated carbocycles. The van der Waals surface area contributed by atoms with Crippen LogP contribution in [0.1, 0.15) is 60.8 Å². The highest BCUT2D eigenvalue weighted by Gasteiger charge is 2.63. The second-order valence-corrected chi connectivity index (χ2v) is 11.0. The van der Waals surface area contributed by atoms with Gasteiger partial charge in [-0.05, 0) is 125 Å². The first kappa shape index (κ1) is 21.2. The monoisotopic (exact) mass is 430 g/mol. The van der Waals surface area contributed by atoms with E-state index in [4.69, 9.17) is 0 Å². The SMILES string of the molecule is Cc1ccc(NC(=O)C23CC4CC(C2)CC(C(=O)Nc2ccc(C)c(C)c2)(C4)C3)cc1C. The molecule has 4 fully saturated rings. The van der Waals surface area contributed by atoms with Crippen molar-refractivity contribution in [3.63, 3.8) is 0 Å². The van der Waals surface area contributed by atoms with Crippen molar-refractivity contribution in [3.05, 3.63) is 58.7 Å². The third kappa shape index (κ3) is 3.54. The van der Waals surface area contributed by atoms with Crippen molar-refractivity contribution in [2.75, 3.05) is 10.6 Å². The number of benzene rings is 2. The van der Waals surface area contributed by atoms with E-state index in [1.165, 1.54) is 22.3 Å². The van der Waals surface area contributed by atoms with Crippen LogP contribution in [0.2, 0.25) is 0 Å². The van der Waals surface area contributed by atoms with E-state index < -0.39 is 10.8 Å². The van der Waals surface area contributed by atoms with Crippen LogP contribution >= 0.6 is 0 Å². The molecule has 4 aliphatic carbocycles. The highest BCUT2D eigenvalue weighted by molar-refractivity contribution is 5.99. The predicted octanol–water partition coefficient (Wildman–Crippen LogP) is 6.08. The molecule has 0 heterocycles. The third-order valence-corrected chi connectivity index (χ3v) is 8.55. The maximum Gasteiger partial charge on any atom is 0.230 e. The quantitative estimate of drug-likeness (QED) is 0.617. The molecule has 32 heavy (non-hydrogen) atoms. The van der Waals surface area contributed by atoms with Crippen molar-refractivity contribution in [3.8, 4) is 0 Å². The number of rotatable bonds is 4. The molecule has 4 bridgehead atoms. The average Bonchev–Trinajstić information content (AvgIpc) is 2.72. The van der Waals surface area contributed by atoms with Gasteiger partial charge in [0.2, 0.25) is 11.8 Å². The summed E-state index contributed by atoms with van der Waals surface area (Å²) in [5, 5.41) is 6.43. The van der Waals surface area contributed by atoms with Gasteiger partial charge in [-0.15, -0.1) is 0 Å². The molecule has 0 aliphatic heterocycles. The Morgan fingerprint density at radius 3 is 1.47 bits per heavy atom. The lowest BCUT2D eigenvalue weighted by atomic mass is 9.43. The van der Waals surface area contributed by atoms with Crippen LogP contribution in [0.5, 0.6) is 0 Å². The Kier molecular flexibility index (Phi) is 4.96. The Morgan fingerprint density at radius 1 is 0.688 bits per heavy atom. The molecule has 6 rings (SSSR count). The lowest BCUT2D eigenvalue weighted by molar-refractivity contribution is -0.161. The van der Waals surface area contributed by atoms with E-state index in [0.717, 1.165) is 43.5 Å². The van der Waals surface area contributed by atoms with Crippen LogP contribution < -0.4 is 10.6 Å². The molecule has 2 aromatic carbocycles. The van der Waals surface area contributed by atoms with Crippen LogP contribution in [-0.2, 0) is 9.59 Å². The highest BCUT2D eigenvalue weighted by atomic mass is 16.2. The highest BCUT2D eigenvalue weighted by Crippen LogP contribution is 2.65. The van der Waals surface area contributed by atoms with Crippen molar-refractivity contribution >= 4 is 23.2 Å². The number of anilines is 2. The van der Waals surface area contributed by atoms with Gasteiger partial charge in [0.1, 0.15) is 0 Å². The fourth-order valence-electron chi connectivity index (χ4n) is 6.96.